The van der Waals surface area contributed by atoms with Crippen LogP contribution in [0.15, 0.2) is 23.7 Å². The molecule has 2 aliphatic heterocycles. The minimum Gasteiger partial charge on any atom is -0.338 e. The number of aryl methyl sites for hydroxylation is 1. The summed E-state index contributed by atoms with van der Waals surface area (Å²) in [5, 5.41) is 2.10. The monoisotopic (exact) mass is 383 g/mol. The highest BCUT2D eigenvalue weighted by Gasteiger charge is 2.30. The van der Waals surface area contributed by atoms with Crippen molar-refractivity contribution in [3.63, 3.8) is 0 Å². The quantitative estimate of drug-likeness (QED) is 0.779. The zero-order valence-corrected chi connectivity index (χ0v) is 17.2. The number of likely N-dealkylation sites (tertiary alicyclic amines) is 1. The van der Waals surface area contributed by atoms with E-state index in [0.717, 1.165) is 63.2 Å². The van der Waals surface area contributed by atoms with Crippen LogP contribution in [0.3, 0.4) is 0 Å². The highest BCUT2D eigenvalue weighted by molar-refractivity contribution is 7.10. The Hall–Kier alpha value is -1.72. The first-order valence-corrected chi connectivity index (χ1v) is 11.1. The van der Waals surface area contributed by atoms with Gasteiger partial charge in [0.25, 0.3) is 5.91 Å². The molecule has 0 radical (unpaired) electrons. The zero-order chi connectivity index (χ0) is 18.8. The fourth-order valence-corrected chi connectivity index (χ4v) is 5.32. The molecule has 144 valence electrons. The van der Waals surface area contributed by atoms with Crippen LogP contribution in [-0.2, 0) is 25.9 Å². The highest BCUT2D eigenvalue weighted by Crippen LogP contribution is 2.31. The van der Waals surface area contributed by atoms with Gasteiger partial charge < -0.3 is 4.90 Å². The molecule has 1 amide bonds. The fourth-order valence-electron chi connectivity index (χ4n) is 4.20. The Balaban J connectivity index is 1.41. The molecule has 2 aromatic heterocycles. The van der Waals surface area contributed by atoms with Crippen LogP contribution in [0.5, 0.6) is 0 Å². The molecule has 1 fully saturated rings. The summed E-state index contributed by atoms with van der Waals surface area (Å²) in [6.07, 6.45) is 6.33. The Labute approximate surface area is 166 Å². The normalized spacial score (nSPS) is 20.1. The third-order valence-electron chi connectivity index (χ3n) is 6.09. The molecule has 0 unspecified atom stereocenters. The molecule has 4 heterocycles. The molecule has 0 aromatic carbocycles. The van der Waals surface area contributed by atoms with Crippen LogP contribution >= 0.6 is 11.3 Å². The molecular weight excluding hydrogens is 354 g/mol. The number of carbonyl (C=O) groups excluding carboxylic acids is 1. The van der Waals surface area contributed by atoms with Crippen molar-refractivity contribution >= 4 is 17.2 Å². The number of carbonyl (C=O) groups is 1. The van der Waals surface area contributed by atoms with Crippen LogP contribution in [0.4, 0.5) is 0 Å². The molecule has 2 aliphatic rings. The molecule has 5 heteroatoms. The van der Waals surface area contributed by atoms with Crippen molar-refractivity contribution in [3.05, 3.63) is 51.0 Å². The van der Waals surface area contributed by atoms with Crippen LogP contribution in [0.2, 0.25) is 0 Å². The van der Waals surface area contributed by atoms with Gasteiger partial charge in [0.1, 0.15) is 0 Å². The average Bonchev–Trinajstić information content (AvgIpc) is 3.35. The molecule has 0 N–H and O–H groups in total. The predicted octanol–water partition coefficient (Wildman–Crippen LogP) is 4.14. The van der Waals surface area contributed by atoms with Gasteiger partial charge in [-0.15, -0.1) is 11.3 Å². The number of aromatic nitrogens is 1. The van der Waals surface area contributed by atoms with Crippen molar-refractivity contribution in [1.29, 1.82) is 0 Å². The summed E-state index contributed by atoms with van der Waals surface area (Å²) in [6, 6.07) is 4.33. The van der Waals surface area contributed by atoms with Gasteiger partial charge in [0, 0.05) is 49.2 Å². The Morgan fingerprint density at radius 1 is 1.30 bits per heavy atom. The Morgan fingerprint density at radius 2 is 2.19 bits per heavy atom. The summed E-state index contributed by atoms with van der Waals surface area (Å²) >= 11 is 1.76. The first-order chi connectivity index (χ1) is 13.2. The highest BCUT2D eigenvalue weighted by atomic mass is 32.1. The van der Waals surface area contributed by atoms with Crippen LogP contribution in [0.25, 0.3) is 0 Å². The maximum Gasteiger partial charge on any atom is 0.254 e. The minimum atomic E-state index is 0.258. The van der Waals surface area contributed by atoms with Crippen LogP contribution < -0.4 is 0 Å². The molecule has 0 spiro atoms. The lowest BCUT2D eigenvalue weighted by molar-refractivity contribution is 0.0785. The number of hydrogen-bond donors (Lipinski definition) is 0. The van der Waals surface area contributed by atoms with Gasteiger partial charge in [-0.2, -0.15) is 0 Å². The molecule has 27 heavy (non-hydrogen) atoms. The standard InChI is InChI=1S/C22H29N3OS/c1-3-16-5-6-18(23-11-16)13-24-9-8-19-20(15-27-21(19)14-24)22(26)25-10-7-17(4-2)12-25/h5-6,11,15,17H,3-4,7-10,12-14H2,1-2H3/t17-/m1/s1. The number of hydrogen-bond acceptors (Lipinski definition) is 4. The van der Waals surface area contributed by atoms with E-state index in [0.29, 0.717) is 5.92 Å². The van der Waals surface area contributed by atoms with Gasteiger partial charge in [-0.1, -0.05) is 26.3 Å². The van der Waals surface area contributed by atoms with Crippen molar-refractivity contribution in [1.82, 2.24) is 14.8 Å². The van der Waals surface area contributed by atoms with E-state index in [2.05, 4.69) is 46.1 Å². The van der Waals surface area contributed by atoms with Crippen molar-refractivity contribution in [2.45, 2.75) is 52.6 Å². The lowest BCUT2D eigenvalue weighted by Gasteiger charge is -2.27. The Morgan fingerprint density at radius 3 is 2.89 bits per heavy atom. The van der Waals surface area contributed by atoms with Crippen molar-refractivity contribution < 1.29 is 4.79 Å². The van der Waals surface area contributed by atoms with E-state index in [-0.39, 0.29) is 5.91 Å². The number of pyridine rings is 1. The van der Waals surface area contributed by atoms with Gasteiger partial charge in [-0.25, -0.2) is 0 Å². The van der Waals surface area contributed by atoms with E-state index in [1.165, 1.54) is 22.4 Å². The van der Waals surface area contributed by atoms with Crippen LogP contribution in [0.1, 0.15) is 58.7 Å². The molecule has 0 saturated carbocycles. The fraction of sp³-hybridized carbons (Fsp3) is 0.545. The molecular formula is C22H29N3OS. The molecule has 2 aromatic rings. The number of thiophene rings is 1. The molecule has 0 bridgehead atoms. The summed E-state index contributed by atoms with van der Waals surface area (Å²) in [5.74, 6) is 0.944. The first kappa shape index (κ1) is 18.6. The topological polar surface area (TPSA) is 36.4 Å². The lowest BCUT2D eigenvalue weighted by atomic mass is 10.0. The summed E-state index contributed by atoms with van der Waals surface area (Å²) in [4.78, 5) is 23.5. The SMILES string of the molecule is CCc1ccc(CN2CCc3c(C(=O)N4CC[C@@H](CC)C4)csc3C2)nc1. The van der Waals surface area contributed by atoms with E-state index in [4.69, 9.17) is 0 Å². The molecule has 1 atom stereocenters. The van der Waals surface area contributed by atoms with E-state index in [9.17, 15) is 4.79 Å². The summed E-state index contributed by atoms with van der Waals surface area (Å²) in [5.41, 5.74) is 4.69. The Bertz CT molecular complexity index is 798. The smallest absolute Gasteiger partial charge is 0.254 e. The average molecular weight is 384 g/mol. The van der Waals surface area contributed by atoms with Gasteiger partial charge in [0.05, 0.1) is 11.3 Å². The Kier molecular flexibility index (Phi) is 5.60. The van der Waals surface area contributed by atoms with Crippen molar-refractivity contribution in [3.8, 4) is 0 Å². The summed E-state index contributed by atoms with van der Waals surface area (Å²) in [7, 11) is 0. The number of fused-ring (bicyclic) bond motifs is 1. The van der Waals surface area contributed by atoms with E-state index in [1.54, 1.807) is 11.3 Å². The number of nitrogens with zero attached hydrogens (tertiary/aromatic N) is 3. The zero-order valence-electron chi connectivity index (χ0n) is 16.4. The second-order valence-corrected chi connectivity index (χ2v) is 8.80. The van der Waals surface area contributed by atoms with Crippen molar-refractivity contribution in [2.75, 3.05) is 19.6 Å². The van der Waals surface area contributed by atoms with Gasteiger partial charge in [0.2, 0.25) is 0 Å². The molecule has 1 saturated heterocycles. The second-order valence-electron chi connectivity index (χ2n) is 7.84. The van der Waals surface area contributed by atoms with Crippen LogP contribution in [0, 0.1) is 5.92 Å². The van der Waals surface area contributed by atoms with Gasteiger partial charge in [-0.3, -0.25) is 14.7 Å². The van der Waals surface area contributed by atoms with E-state index < -0.39 is 0 Å². The van der Waals surface area contributed by atoms with Crippen LogP contribution in [-0.4, -0.2) is 40.3 Å². The van der Waals surface area contributed by atoms with E-state index in [1.807, 2.05) is 6.20 Å². The van der Waals surface area contributed by atoms with Gasteiger partial charge in [0.15, 0.2) is 0 Å². The largest absolute Gasteiger partial charge is 0.338 e. The van der Waals surface area contributed by atoms with E-state index >= 15 is 0 Å². The third kappa shape index (κ3) is 3.94. The second kappa shape index (κ2) is 8.11. The molecule has 4 rings (SSSR count). The summed E-state index contributed by atoms with van der Waals surface area (Å²) in [6.45, 7) is 9.06. The number of amides is 1. The first-order valence-electron chi connectivity index (χ1n) is 10.2. The van der Waals surface area contributed by atoms with Gasteiger partial charge in [-0.05, 0) is 42.4 Å². The van der Waals surface area contributed by atoms with Gasteiger partial charge >= 0.3 is 0 Å². The van der Waals surface area contributed by atoms with Crippen molar-refractivity contribution in [2.24, 2.45) is 5.92 Å². The predicted molar refractivity (Wildman–Crippen MR) is 110 cm³/mol. The maximum atomic E-state index is 13.0. The minimum absolute atomic E-state index is 0.258. The maximum absolute atomic E-state index is 13.0. The molecule has 4 nitrogen and oxygen atoms in total. The third-order valence-corrected chi connectivity index (χ3v) is 7.10. The number of rotatable bonds is 5. The lowest BCUT2D eigenvalue weighted by Crippen LogP contribution is -2.32. The summed E-state index contributed by atoms with van der Waals surface area (Å²) < 4.78 is 0. The molecule has 0 aliphatic carbocycles.